The average Bonchev–Trinajstić information content (AvgIpc) is 2.90. The summed E-state index contributed by atoms with van der Waals surface area (Å²) in [5.74, 6) is -1.00. The summed E-state index contributed by atoms with van der Waals surface area (Å²) < 4.78 is 0. The van der Waals surface area contributed by atoms with Crippen molar-refractivity contribution in [1.82, 2.24) is 4.90 Å². The summed E-state index contributed by atoms with van der Waals surface area (Å²) in [4.78, 5) is 26.7. The Morgan fingerprint density at radius 1 is 1.33 bits per heavy atom. The van der Waals surface area contributed by atoms with Gasteiger partial charge in [-0.15, -0.1) is 0 Å². The number of anilines is 1. The molecule has 0 saturated carbocycles. The van der Waals surface area contributed by atoms with Crippen molar-refractivity contribution in [2.45, 2.75) is 25.8 Å². The van der Waals surface area contributed by atoms with Crippen LogP contribution in [-0.4, -0.2) is 52.9 Å². The molecular weight excluding hydrogens is 272 g/mol. The number of hydrogen-bond acceptors (Lipinski definition) is 3. The third-order valence-electron chi connectivity index (χ3n) is 3.78. The van der Waals surface area contributed by atoms with Crippen molar-refractivity contribution in [3.8, 4) is 0 Å². The predicted molar refractivity (Wildman–Crippen MR) is 78.6 cm³/mol. The summed E-state index contributed by atoms with van der Waals surface area (Å²) >= 11 is 0. The van der Waals surface area contributed by atoms with E-state index in [9.17, 15) is 14.7 Å². The number of amides is 2. The smallest absolute Gasteiger partial charge is 0.335 e. The van der Waals surface area contributed by atoms with Crippen molar-refractivity contribution in [3.63, 3.8) is 0 Å². The van der Waals surface area contributed by atoms with Crippen molar-refractivity contribution in [2.24, 2.45) is 0 Å². The van der Waals surface area contributed by atoms with Crippen LogP contribution >= 0.6 is 0 Å². The number of carboxylic acids is 1. The van der Waals surface area contributed by atoms with Gasteiger partial charge in [0.2, 0.25) is 0 Å². The molecule has 1 aliphatic heterocycles. The number of carbonyl (C=O) groups excluding carboxylic acids is 1. The predicted octanol–water partition coefficient (Wildman–Crippen LogP) is 1.79. The van der Waals surface area contributed by atoms with E-state index in [1.54, 1.807) is 17.0 Å². The van der Waals surface area contributed by atoms with Gasteiger partial charge in [0.1, 0.15) is 0 Å². The van der Waals surface area contributed by atoms with Crippen molar-refractivity contribution in [3.05, 3.63) is 29.8 Å². The summed E-state index contributed by atoms with van der Waals surface area (Å²) in [7, 11) is 0. The molecule has 2 N–H and O–H groups in total. The Morgan fingerprint density at radius 2 is 2.00 bits per heavy atom. The molecule has 6 nitrogen and oxygen atoms in total. The Kier molecular flexibility index (Phi) is 4.80. The van der Waals surface area contributed by atoms with Gasteiger partial charge in [0.25, 0.3) is 0 Å². The van der Waals surface area contributed by atoms with Gasteiger partial charge in [0.15, 0.2) is 0 Å². The first-order chi connectivity index (χ1) is 10.0. The van der Waals surface area contributed by atoms with Gasteiger partial charge in [-0.05, 0) is 44.0 Å². The number of likely N-dealkylation sites (tertiary alicyclic amines) is 1. The minimum Gasteiger partial charge on any atom is -0.478 e. The molecule has 1 aromatic rings. The normalized spacial score (nSPS) is 17.8. The highest BCUT2D eigenvalue weighted by atomic mass is 16.4. The SMILES string of the molecule is CC1CCCN1C(=O)N(CCO)c1ccc(C(=O)O)cc1. The number of carbonyl (C=O) groups is 2. The first kappa shape index (κ1) is 15.3. The molecule has 1 atom stereocenters. The zero-order valence-corrected chi connectivity index (χ0v) is 12.0. The average molecular weight is 292 g/mol. The highest BCUT2D eigenvalue weighted by molar-refractivity contribution is 5.93. The quantitative estimate of drug-likeness (QED) is 0.886. The second kappa shape index (κ2) is 6.58. The van der Waals surface area contributed by atoms with Gasteiger partial charge in [-0.3, -0.25) is 4.90 Å². The van der Waals surface area contributed by atoms with E-state index in [4.69, 9.17) is 5.11 Å². The first-order valence-electron chi connectivity index (χ1n) is 7.07. The number of rotatable bonds is 4. The fraction of sp³-hybridized carbons (Fsp3) is 0.467. The number of carboxylic acid groups (broad SMARTS) is 1. The maximum atomic E-state index is 12.6. The summed E-state index contributed by atoms with van der Waals surface area (Å²) in [6, 6.07) is 6.16. The monoisotopic (exact) mass is 292 g/mol. The molecule has 2 rings (SSSR count). The van der Waals surface area contributed by atoms with Crippen LogP contribution in [0.5, 0.6) is 0 Å². The minimum absolute atomic E-state index is 0.142. The van der Waals surface area contributed by atoms with Crippen LogP contribution in [0, 0.1) is 0 Å². The molecule has 0 bridgehead atoms. The standard InChI is InChI=1S/C15H20N2O4/c1-11-3-2-8-16(11)15(21)17(9-10-18)13-6-4-12(5-7-13)14(19)20/h4-7,11,18H,2-3,8-10H2,1H3,(H,19,20). The molecule has 0 radical (unpaired) electrons. The summed E-state index contributed by atoms with van der Waals surface area (Å²) in [6.45, 7) is 2.77. The van der Waals surface area contributed by atoms with E-state index in [1.165, 1.54) is 17.0 Å². The molecule has 0 spiro atoms. The molecule has 21 heavy (non-hydrogen) atoms. The zero-order chi connectivity index (χ0) is 15.4. The highest BCUT2D eigenvalue weighted by Crippen LogP contribution is 2.22. The number of hydrogen-bond donors (Lipinski definition) is 2. The van der Waals surface area contributed by atoms with Crippen LogP contribution in [0.25, 0.3) is 0 Å². The largest absolute Gasteiger partial charge is 0.478 e. The number of aliphatic hydroxyl groups excluding tert-OH is 1. The van der Waals surface area contributed by atoms with Gasteiger partial charge in [-0.25, -0.2) is 9.59 Å². The van der Waals surface area contributed by atoms with Crippen LogP contribution in [0.15, 0.2) is 24.3 Å². The second-order valence-corrected chi connectivity index (χ2v) is 5.19. The number of benzene rings is 1. The molecule has 1 fully saturated rings. The zero-order valence-electron chi connectivity index (χ0n) is 12.0. The van der Waals surface area contributed by atoms with E-state index in [1.807, 2.05) is 6.92 Å². The number of urea groups is 1. The molecule has 0 aliphatic carbocycles. The Bertz CT molecular complexity index is 515. The fourth-order valence-electron chi connectivity index (χ4n) is 2.59. The number of nitrogens with zero attached hydrogens (tertiary/aromatic N) is 2. The van der Waals surface area contributed by atoms with E-state index >= 15 is 0 Å². The van der Waals surface area contributed by atoms with Crippen molar-refractivity contribution in [2.75, 3.05) is 24.6 Å². The van der Waals surface area contributed by atoms with Crippen LogP contribution in [0.3, 0.4) is 0 Å². The van der Waals surface area contributed by atoms with E-state index in [2.05, 4.69) is 0 Å². The van der Waals surface area contributed by atoms with E-state index < -0.39 is 5.97 Å². The molecule has 1 saturated heterocycles. The van der Waals surface area contributed by atoms with Gasteiger partial charge >= 0.3 is 12.0 Å². The lowest BCUT2D eigenvalue weighted by Crippen LogP contribution is -2.46. The van der Waals surface area contributed by atoms with Crippen molar-refractivity contribution in [1.29, 1.82) is 0 Å². The lowest BCUT2D eigenvalue weighted by Gasteiger charge is -2.30. The van der Waals surface area contributed by atoms with Crippen LogP contribution in [-0.2, 0) is 0 Å². The lowest BCUT2D eigenvalue weighted by atomic mass is 10.2. The maximum absolute atomic E-state index is 12.6. The van der Waals surface area contributed by atoms with E-state index in [0.717, 1.165) is 19.4 Å². The molecule has 1 aromatic carbocycles. The Labute approximate surface area is 123 Å². The van der Waals surface area contributed by atoms with Gasteiger partial charge in [0, 0.05) is 18.3 Å². The summed E-state index contributed by atoms with van der Waals surface area (Å²) in [6.07, 6.45) is 1.97. The topological polar surface area (TPSA) is 81.1 Å². The van der Waals surface area contributed by atoms with Crippen molar-refractivity contribution < 1.29 is 19.8 Å². The molecule has 1 unspecified atom stereocenters. The third kappa shape index (κ3) is 3.33. The molecule has 6 heteroatoms. The van der Waals surface area contributed by atoms with Gasteiger partial charge in [-0.1, -0.05) is 0 Å². The van der Waals surface area contributed by atoms with E-state index in [0.29, 0.717) is 5.69 Å². The molecule has 114 valence electrons. The van der Waals surface area contributed by atoms with Gasteiger partial charge in [-0.2, -0.15) is 0 Å². The fourth-order valence-corrected chi connectivity index (χ4v) is 2.59. The van der Waals surface area contributed by atoms with Crippen LogP contribution in [0.1, 0.15) is 30.1 Å². The summed E-state index contributed by atoms with van der Waals surface area (Å²) in [5, 5.41) is 18.1. The maximum Gasteiger partial charge on any atom is 0.335 e. The molecule has 2 amide bonds. The molecule has 0 aromatic heterocycles. The van der Waals surface area contributed by atoms with Gasteiger partial charge < -0.3 is 15.1 Å². The second-order valence-electron chi connectivity index (χ2n) is 5.19. The number of aliphatic hydroxyl groups is 1. The highest BCUT2D eigenvalue weighted by Gasteiger charge is 2.29. The lowest BCUT2D eigenvalue weighted by molar-refractivity contribution is 0.0697. The van der Waals surface area contributed by atoms with E-state index in [-0.39, 0.29) is 30.8 Å². The third-order valence-corrected chi connectivity index (χ3v) is 3.78. The van der Waals surface area contributed by atoms with Gasteiger partial charge in [0.05, 0.1) is 18.7 Å². The van der Waals surface area contributed by atoms with Crippen LogP contribution < -0.4 is 4.90 Å². The molecular formula is C15H20N2O4. The minimum atomic E-state index is -1.00. The molecule has 1 heterocycles. The van der Waals surface area contributed by atoms with Crippen LogP contribution in [0.2, 0.25) is 0 Å². The Hall–Kier alpha value is -2.08. The first-order valence-corrected chi connectivity index (χ1v) is 7.07. The number of aromatic carboxylic acids is 1. The summed E-state index contributed by atoms with van der Waals surface area (Å²) in [5.41, 5.74) is 0.767. The Morgan fingerprint density at radius 3 is 2.48 bits per heavy atom. The molecule has 1 aliphatic rings. The van der Waals surface area contributed by atoms with Crippen LogP contribution in [0.4, 0.5) is 10.5 Å². The Balaban J connectivity index is 2.21. The van der Waals surface area contributed by atoms with Crippen molar-refractivity contribution >= 4 is 17.7 Å².